The van der Waals surface area contributed by atoms with E-state index in [-0.39, 0.29) is 12.2 Å². The molecule has 0 spiro atoms. The average Bonchev–Trinajstić information content (AvgIpc) is 3.19. The van der Waals surface area contributed by atoms with Gasteiger partial charge in [-0.1, -0.05) is 6.92 Å². The molecule has 144 valence electrons. The van der Waals surface area contributed by atoms with Gasteiger partial charge in [-0.3, -0.25) is 4.99 Å². The van der Waals surface area contributed by atoms with Gasteiger partial charge in [0.2, 0.25) is 0 Å². The maximum atomic E-state index is 5.96. The van der Waals surface area contributed by atoms with Crippen LogP contribution in [0.2, 0.25) is 0 Å². The molecule has 25 heavy (non-hydrogen) atoms. The number of nitrogens with one attached hydrogen (secondary N) is 1. The van der Waals surface area contributed by atoms with Gasteiger partial charge in [-0.2, -0.15) is 0 Å². The number of hydrogen-bond donors (Lipinski definition) is 1. The SMILES string of the molecule is CCCN1CCC(CNC(=NC)N2CCOC(C3CCCO3)C2)CC1. The van der Waals surface area contributed by atoms with E-state index in [1.54, 1.807) is 0 Å². The highest BCUT2D eigenvalue weighted by atomic mass is 16.5. The predicted molar refractivity (Wildman–Crippen MR) is 101 cm³/mol. The molecular weight excluding hydrogens is 316 g/mol. The molecule has 2 atom stereocenters. The number of ether oxygens (including phenoxy) is 2. The van der Waals surface area contributed by atoms with E-state index in [0.29, 0.717) is 0 Å². The Balaban J connectivity index is 1.43. The number of guanidine groups is 1. The van der Waals surface area contributed by atoms with Crippen LogP contribution in [0.1, 0.15) is 39.0 Å². The Labute approximate surface area is 152 Å². The molecule has 0 saturated carbocycles. The molecule has 6 nitrogen and oxygen atoms in total. The van der Waals surface area contributed by atoms with Gasteiger partial charge < -0.3 is 24.6 Å². The van der Waals surface area contributed by atoms with Gasteiger partial charge in [-0.05, 0) is 57.7 Å². The number of aliphatic imine (C=N–C) groups is 1. The summed E-state index contributed by atoms with van der Waals surface area (Å²) >= 11 is 0. The Morgan fingerprint density at radius 3 is 2.56 bits per heavy atom. The van der Waals surface area contributed by atoms with Gasteiger partial charge in [0.1, 0.15) is 6.10 Å². The fraction of sp³-hybridized carbons (Fsp3) is 0.947. The predicted octanol–water partition coefficient (Wildman–Crippen LogP) is 1.56. The molecule has 3 heterocycles. The minimum absolute atomic E-state index is 0.187. The lowest BCUT2D eigenvalue weighted by atomic mass is 9.97. The second-order valence-corrected chi connectivity index (χ2v) is 7.62. The minimum atomic E-state index is 0.187. The van der Waals surface area contributed by atoms with E-state index in [1.807, 2.05) is 7.05 Å². The average molecular weight is 353 g/mol. The lowest BCUT2D eigenvalue weighted by Gasteiger charge is -2.38. The summed E-state index contributed by atoms with van der Waals surface area (Å²) in [6.07, 6.45) is 6.60. The van der Waals surface area contributed by atoms with Gasteiger partial charge in [0, 0.05) is 33.3 Å². The summed E-state index contributed by atoms with van der Waals surface area (Å²) in [6, 6.07) is 0. The second-order valence-electron chi connectivity index (χ2n) is 7.62. The topological polar surface area (TPSA) is 49.3 Å². The maximum absolute atomic E-state index is 5.96. The zero-order valence-electron chi connectivity index (χ0n) is 16.1. The van der Waals surface area contributed by atoms with Gasteiger partial charge in [-0.15, -0.1) is 0 Å². The first-order chi connectivity index (χ1) is 12.3. The van der Waals surface area contributed by atoms with Crippen LogP contribution in [0.15, 0.2) is 4.99 Å². The molecule has 3 saturated heterocycles. The van der Waals surface area contributed by atoms with Crippen LogP contribution in [0.3, 0.4) is 0 Å². The fourth-order valence-corrected chi connectivity index (χ4v) is 4.29. The van der Waals surface area contributed by atoms with Crippen LogP contribution in [0.25, 0.3) is 0 Å². The molecule has 0 aromatic rings. The van der Waals surface area contributed by atoms with Crippen molar-refractivity contribution in [2.24, 2.45) is 10.9 Å². The maximum Gasteiger partial charge on any atom is 0.193 e. The highest BCUT2D eigenvalue weighted by molar-refractivity contribution is 5.80. The molecule has 2 unspecified atom stereocenters. The number of nitrogens with zero attached hydrogens (tertiary/aromatic N) is 3. The molecule has 3 rings (SSSR count). The van der Waals surface area contributed by atoms with E-state index in [1.165, 1.54) is 38.9 Å². The van der Waals surface area contributed by atoms with Crippen molar-refractivity contribution >= 4 is 5.96 Å². The highest BCUT2D eigenvalue weighted by Crippen LogP contribution is 2.21. The summed E-state index contributed by atoms with van der Waals surface area (Å²) in [5.74, 6) is 1.79. The first-order valence-electron chi connectivity index (χ1n) is 10.2. The number of rotatable bonds is 5. The zero-order chi connectivity index (χ0) is 17.5. The zero-order valence-corrected chi connectivity index (χ0v) is 16.1. The van der Waals surface area contributed by atoms with Crippen molar-refractivity contribution in [3.05, 3.63) is 0 Å². The van der Waals surface area contributed by atoms with Crippen molar-refractivity contribution in [2.75, 3.05) is 59.5 Å². The lowest BCUT2D eigenvalue weighted by molar-refractivity contribution is -0.0817. The number of morpholine rings is 1. The number of hydrogen-bond acceptors (Lipinski definition) is 4. The Morgan fingerprint density at radius 2 is 1.88 bits per heavy atom. The van der Waals surface area contributed by atoms with Crippen LogP contribution >= 0.6 is 0 Å². The van der Waals surface area contributed by atoms with Gasteiger partial charge in [0.15, 0.2) is 5.96 Å². The van der Waals surface area contributed by atoms with Crippen LogP contribution in [0, 0.1) is 5.92 Å². The molecule has 1 N–H and O–H groups in total. The van der Waals surface area contributed by atoms with Crippen LogP contribution < -0.4 is 5.32 Å². The highest BCUT2D eigenvalue weighted by Gasteiger charge is 2.32. The van der Waals surface area contributed by atoms with Crippen molar-refractivity contribution in [3.63, 3.8) is 0 Å². The molecule has 3 aliphatic rings. The van der Waals surface area contributed by atoms with Crippen molar-refractivity contribution < 1.29 is 9.47 Å². The second kappa shape index (κ2) is 9.74. The van der Waals surface area contributed by atoms with Crippen molar-refractivity contribution in [2.45, 2.75) is 51.2 Å². The quantitative estimate of drug-likeness (QED) is 0.601. The smallest absolute Gasteiger partial charge is 0.193 e. The summed E-state index contributed by atoms with van der Waals surface area (Å²) in [6.45, 7) is 10.5. The molecular formula is C19H36N4O2. The molecule has 3 fully saturated rings. The first-order valence-corrected chi connectivity index (χ1v) is 10.2. The third kappa shape index (κ3) is 5.31. The van der Waals surface area contributed by atoms with Crippen molar-refractivity contribution in [3.8, 4) is 0 Å². The van der Waals surface area contributed by atoms with Crippen LogP contribution in [0.5, 0.6) is 0 Å². The molecule has 0 aromatic heterocycles. The van der Waals surface area contributed by atoms with Gasteiger partial charge in [0.25, 0.3) is 0 Å². The normalized spacial score (nSPS) is 30.0. The molecule has 0 aromatic carbocycles. The van der Waals surface area contributed by atoms with E-state index < -0.39 is 0 Å². The largest absolute Gasteiger partial charge is 0.375 e. The lowest BCUT2D eigenvalue weighted by Crippen LogP contribution is -2.54. The van der Waals surface area contributed by atoms with E-state index in [0.717, 1.165) is 57.6 Å². The van der Waals surface area contributed by atoms with Gasteiger partial charge >= 0.3 is 0 Å². The monoisotopic (exact) mass is 352 g/mol. The summed E-state index contributed by atoms with van der Waals surface area (Å²) < 4.78 is 11.8. The first kappa shape index (κ1) is 18.9. The summed E-state index contributed by atoms with van der Waals surface area (Å²) in [5, 5.41) is 3.63. The number of piperidine rings is 1. The third-order valence-electron chi connectivity index (χ3n) is 5.78. The Morgan fingerprint density at radius 1 is 1.08 bits per heavy atom. The Kier molecular flexibility index (Phi) is 7.37. The summed E-state index contributed by atoms with van der Waals surface area (Å²) in [7, 11) is 1.89. The molecule has 3 aliphatic heterocycles. The van der Waals surface area contributed by atoms with E-state index in [2.05, 4.69) is 27.0 Å². The van der Waals surface area contributed by atoms with E-state index >= 15 is 0 Å². The Hall–Kier alpha value is -0.850. The summed E-state index contributed by atoms with van der Waals surface area (Å²) in [5.41, 5.74) is 0. The van der Waals surface area contributed by atoms with Crippen LogP contribution in [-0.2, 0) is 9.47 Å². The molecule has 0 radical (unpaired) electrons. The third-order valence-corrected chi connectivity index (χ3v) is 5.78. The van der Waals surface area contributed by atoms with E-state index in [9.17, 15) is 0 Å². The molecule has 0 aliphatic carbocycles. The standard InChI is InChI=1S/C19H36N4O2/c1-3-8-22-9-6-16(7-10-22)14-21-19(20-2)23-11-13-25-18(15-23)17-5-4-12-24-17/h16-18H,3-15H2,1-2H3,(H,20,21). The number of likely N-dealkylation sites (tertiary alicyclic amines) is 1. The molecule has 0 bridgehead atoms. The summed E-state index contributed by atoms with van der Waals surface area (Å²) in [4.78, 5) is 9.47. The van der Waals surface area contributed by atoms with E-state index in [4.69, 9.17) is 9.47 Å². The Bertz CT molecular complexity index is 418. The molecule has 0 amide bonds. The van der Waals surface area contributed by atoms with Crippen molar-refractivity contribution in [1.29, 1.82) is 0 Å². The van der Waals surface area contributed by atoms with Crippen LogP contribution in [0.4, 0.5) is 0 Å². The van der Waals surface area contributed by atoms with Gasteiger partial charge in [-0.25, -0.2) is 0 Å². The minimum Gasteiger partial charge on any atom is -0.375 e. The van der Waals surface area contributed by atoms with Gasteiger partial charge in [0.05, 0.1) is 12.7 Å². The van der Waals surface area contributed by atoms with Crippen molar-refractivity contribution in [1.82, 2.24) is 15.1 Å². The molecule has 6 heteroatoms. The fourth-order valence-electron chi connectivity index (χ4n) is 4.29. The van der Waals surface area contributed by atoms with Crippen LogP contribution in [-0.4, -0.2) is 87.5 Å².